The first-order valence-electron chi connectivity index (χ1n) is 6.21. The molecule has 5 heteroatoms. The fraction of sp³-hybridized carbons (Fsp3) is 0.538. The van der Waals surface area contributed by atoms with Gasteiger partial charge in [-0.25, -0.2) is 0 Å². The van der Waals surface area contributed by atoms with Crippen molar-refractivity contribution < 1.29 is 4.79 Å². The van der Waals surface area contributed by atoms with Crippen molar-refractivity contribution >= 4 is 34.5 Å². The van der Waals surface area contributed by atoms with Crippen LogP contribution in [-0.4, -0.2) is 28.4 Å². The predicted molar refractivity (Wildman–Crippen MR) is 79.1 cm³/mol. The van der Waals surface area contributed by atoms with Crippen LogP contribution in [-0.2, 0) is 0 Å². The van der Waals surface area contributed by atoms with Gasteiger partial charge in [0.25, 0.3) is 5.91 Å². The highest BCUT2D eigenvalue weighted by Crippen LogP contribution is 2.26. The lowest BCUT2D eigenvalue weighted by molar-refractivity contribution is 0.0714. The van der Waals surface area contributed by atoms with Crippen LogP contribution in [0.3, 0.4) is 0 Å². The van der Waals surface area contributed by atoms with E-state index in [4.69, 9.17) is 18.0 Å². The highest BCUT2D eigenvalue weighted by Gasteiger charge is 2.28. The molecule has 1 amide bonds. The number of aryl methyl sites for hydroxylation is 1. The largest absolute Gasteiger partial charge is 0.392 e. The van der Waals surface area contributed by atoms with E-state index in [-0.39, 0.29) is 5.91 Å². The van der Waals surface area contributed by atoms with E-state index in [9.17, 15) is 4.79 Å². The predicted octanol–water partition coefficient (Wildman–Crippen LogP) is 2.73. The average molecular weight is 282 g/mol. The summed E-state index contributed by atoms with van der Waals surface area (Å²) >= 11 is 6.54. The summed E-state index contributed by atoms with van der Waals surface area (Å²) in [5.74, 6) is 0.0773. The van der Waals surface area contributed by atoms with Gasteiger partial charge < -0.3 is 10.6 Å². The zero-order valence-electron chi connectivity index (χ0n) is 10.5. The van der Waals surface area contributed by atoms with Gasteiger partial charge in [-0.3, -0.25) is 4.79 Å². The molecule has 1 aliphatic rings. The Balaban J connectivity index is 2.20. The molecule has 1 aromatic rings. The zero-order chi connectivity index (χ0) is 13.1. The Morgan fingerprint density at radius 3 is 2.67 bits per heavy atom. The first-order valence-corrected chi connectivity index (χ1v) is 7.56. The minimum atomic E-state index is 0.0773. The van der Waals surface area contributed by atoms with Gasteiger partial charge in [0, 0.05) is 11.4 Å². The molecule has 2 N–H and O–H groups in total. The molecule has 0 bridgehead atoms. The standard InChI is InChI=1S/C13H18N2OS2/c1-9-7-18-8-11(9)13(16)15(6-12(14)17)10-4-2-3-5-10/h7-8,10H,2-6H2,1H3,(H2,14,17). The number of carbonyl (C=O) groups excluding carboxylic acids is 1. The quantitative estimate of drug-likeness (QED) is 0.864. The Labute approximate surface area is 117 Å². The highest BCUT2D eigenvalue weighted by molar-refractivity contribution is 7.80. The molecule has 18 heavy (non-hydrogen) atoms. The fourth-order valence-electron chi connectivity index (χ4n) is 2.48. The van der Waals surface area contributed by atoms with Crippen molar-refractivity contribution in [3.63, 3.8) is 0 Å². The molecule has 1 saturated carbocycles. The molecular weight excluding hydrogens is 264 g/mol. The van der Waals surface area contributed by atoms with Gasteiger partial charge in [-0.1, -0.05) is 25.1 Å². The van der Waals surface area contributed by atoms with Crippen LogP contribution in [0.1, 0.15) is 41.6 Å². The normalized spacial score (nSPS) is 15.8. The Hall–Kier alpha value is -0.940. The molecule has 1 heterocycles. The maximum Gasteiger partial charge on any atom is 0.255 e. The van der Waals surface area contributed by atoms with Gasteiger partial charge >= 0.3 is 0 Å². The van der Waals surface area contributed by atoms with Gasteiger partial charge in [0.2, 0.25) is 0 Å². The van der Waals surface area contributed by atoms with Crippen molar-refractivity contribution in [3.8, 4) is 0 Å². The molecule has 2 rings (SSSR count). The van der Waals surface area contributed by atoms with Crippen molar-refractivity contribution in [3.05, 3.63) is 21.9 Å². The van der Waals surface area contributed by atoms with E-state index in [0.717, 1.165) is 24.0 Å². The zero-order valence-corrected chi connectivity index (χ0v) is 12.1. The molecule has 0 saturated heterocycles. The smallest absolute Gasteiger partial charge is 0.255 e. The number of nitrogens with two attached hydrogens (primary N) is 1. The van der Waals surface area contributed by atoms with Gasteiger partial charge in [-0.2, -0.15) is 11.3 Å². The second kappa shape index (κ2) is 5.80. The van der Waals surface area contributed by atoms with Crippen LogP contribution in [0.4, 0.5) is 0 Å². The summed E-state index contributed by atoms with van der Waals surface area (Å²) in [6.07, 6.45) is 4.51. The van der Waals surface area contributed by atoms with Crippen molar-refractivity contribution in [2.45, 2.75) is 38.6 Å². The molecule has 0 aliphatic heterocycles. The maximum atomic E-state index is 12.6. The third kappa shape index (κ3) is 2.90. The van der Waals surface area contributed by atoms with Gasteiger partial charge in [-0.05, 0) is 30.7 Å². The van der Waals surface area contributed by atoms with Crippen molar-refractivity contribution in [1.29, 1.82) is 0 Å². The van der Waals surface area contributed by atoms with Gasteiger partial charge in [-0.15, -0.1) is 0 Å². The number of rotatable bonds is 4. The first kappa shape index (κ1) is 13.5. The fourth-order valence-corrected chi connectivity index (χ4v) is 3.45. The van der Waals surface area contributed by atoms with E-state index in [1.165, 1.54) is 12.8 Å². The summed E-state index contributed by atoms with van der Waals surface area (Å²) in [5, 5.41) is 3.92. The van der Waals surface area contributed by atoms with Crippen LogP contribution < -0.4 is 5.73 Å². The molecule has 0 unspecified atom stereocenters. The van der Waals surface area contributed by atoms with E-state index in [1.807, 2.05) is 22.6 Å². The number of hydrogen-bond acceptors (Lipinski definition) is 3. The van der Waals surface area contributed by atoms with Crippen LogP contribution in [0.5, 0.6) is 0 Å². The first-order chi connectivity index (χ1) is 8.59. The summed E-state index contributed by atoms with van der Waals surface area (Å²) in [6, 6.07) is 0.304. The maximum absolute atomic E-state index is 12.6. The molecule has 98 valence electrons. The van der Waals surface area contributed by atoms with E-state index in [2.05, 4.69) is 0 Å². The summed E-state index contributed by atoms with van der Waals surface area (Å²) in [6.45, 7) is 2.37. The van der Waals surface area contributed by atoms with E-state index in [1.54, 1.807) is 11.3 Å². The van der Waals surface area contributed by atoms with Crippen molar-refractivity contribution in [2.24, 2.45) is 5.73 Å². The third-order valence-corrected chi connectivity index (χ3v) is 4.43. The Kier molecular flexibility index (Phi) is 4.35. The molecule has 1 aliphatic carbocycles. The molecule has 0 radical (unpaired) electrons. The third-order valence-electron chi connectivity index (χ3n) is 3.44. The number of amides is 1. The lowest BCUT2D eigenvalue weighted by atomic mass is 10.1. The highest BCUT2D eigenvalue weighted by atomic mass is 32.1. The minimum absolute atomic E-state index is 0.0773. The second-order valence-electron chi connectivity index (χ2n) is 4.81. The Bertz CT molecular complexity index is 450. The topological polar surface area (TPSA) is 46.3 Å². The molecule has 0 atom stereocenters. The van der Waals surface area contributed by atoms with E-state index < -0.39 is 0 Å². The summed E-state index contributed by atoms with van der Waals surface area (Å²) in [4.78, 5) is 14.8. The van der Waals surface area contributed by atoms with E-state index in [0.29, 0.717) is 17.6 Å². The summed E-state index contributed by atoms with van der Waals surface area (Å²) < 4.78 is 0. The monoisotopic (exact) mass is 282 g/mol. The molecule has 3 nitrogen and oxygen atoms in total. The van der Waals surface area contributed by atoms with Gasteiger partial charge in [0.05, 0.1) is 17.1 Å². The average Bonchev–Trinajstić information content (AvgIpc) is 2.95. The molecular formula is C13H18N2OS2. The SMILES string of the molecule is Cc1cscc1C(=O)N(CC(N)=S)C1CCCC1. The summed E-state index contributed by atoms with van der Waals surface area (Å²) in [5.41, 5.74) is 7.46. The molecule has 1 aromatic heterocycles. The second-order valence-corrected chi connectivity index (χ2v) is 6.07. The lowest BCUT2D eigenvalue weighted by Crippen LogP contribution is -2.43. The Morgan fingerprint density at radius 1 is 1.50 bits per heavy atom. The molecule has 0 spiro atoms. The number of hydrogen-bond donors (Lipinski definition) is 1. The summed E-state index contributed by atoms with van der Waals surface area (Å²) in [7, 11) is 0. The van der Waals surface area contributed by atoms with Crippen molar-refractivity contribution in [2.75, 3.05) is 6.54 Å². The van der Waals surface area contributed by atoms with Crippen molar-refractivity contribution in [1.82, 2.24) is 4.90 Å². The number of thiophene rings is 1. The number of thiocarbonyl (C=S) groups is 1. The Morgan fingerprint density at radius 2 is 2.17 bits per heavy atom. The molecule has 0 aromatic carbocycles. The lowest BCUT2D eigenvalue weighted by Gasteiger charge is -2.28. The number of nitrogens with zero attached hydrogens (tertiary/aromatic N) is 1. The van der Waals surface area contributed by atoms with Crippen LogP contribution in [0.15, 0.2) is 10.8 Å². The minimum Gasteiger partial charge on any atom is -0.392 e. The van der Waals surface area contributed by atoms with Crippen LogP contribution in [0.25, 0.3) is 0 Å². The molecule has 1 fully saturated rings. The number of carbonyl (C=O) groups is 1. The van der Waals surface area contributed by atoms with Crippen LogP contribution in [0, 0.1) is 6.92 Å². The van der Waals surface area contributed by atoms with Gasteiger partial charge in [0.15, 0.2) is 0 Å². The van der Waals surface area contributed by atoms with Gasteiger partial charge in [0.1, 0.15) is 0 Å². The van der Waals surface area contributed by atoms with Crippen LogP contribution >= 0.6 is 23.6 Å². The van der Waals surface area contributed by atoms with E-state index >= 15 is 0 Å². The van der Waals surface area contributed by atoms with Crippen LogP contribution in [0.2, 0.25) is 0 Å².